The fraction of sp³-hybridized carbons (Fsp3) is 0.357. The van der Waals surface area contributed by atoms with Crippen molar-refractivity contribution in [2.45, 2.75) is 32.6 Å². The van der Waals surface area contributed by atoms with Gasteiger partial charge in [-0.2, -0.15) is 5.10 Å². The Balaban J connectivity index is 2.11. The lowest BCUT2D eigenvalue weighted by atomic mass is 9.96. The molecule has 0 amide bonds. The second-order valence-corrected chi connectivity index (χ2v) is 5.17. The number of nitrogens with zero attached hydrogens (tertiary/aromatic N) is 2. The lowest BCUT2D eigenvalue weighted by Gasteiger charge is -2.09. The molecule has 1 aromatic carbocycles. The van der Waals surface area contributed by atoms with Crippen molar-refractivity contribution in [2.75, 3.05) is 0 Å². The maximum atomic E-state index is 9.68. The molecule has 1 aliphatic rings. The van der Waals surface area contributed by atoms with Gasteiger partial charge in [0, 0.05) is 11.8 Å². The maximum absolute atomic E-state index is 9.68. The van der Waals surface area contributed by atoms with Gasteiger partial charge in [0.2, 0.25) is 0 Å². The molecule has 1 aliphatic carbocycles. The Hall–Kier alpha value is -1.48. The Morgan fingerprint density at radius 2 is 2.06 bits per heavy atom. The normalized spacial score (nSPS) is 14.6. The van der Waals surface area contributed by atoms with Crippen molar-refractivity contribution in [3.05, 3.63) is 40.2 Å². The Morgan fingerprint density at radius 3 is 2.78 bits per heavy atom. The number of aromatic hydroxyl groups is 1. The number of phenols is 1. The van der Waals surface area contributed by atoms with E-state index >= 15 is 0 Å². The van der Waals surface area contributed by atoms with Gasteiger partial charge in [-0.05, 0) is 50.3 Å². The van der Waals surface area contributed by atoms with Gasteiger partial charge in [0.05, 0.1) is 16.4 Å². The van der Waals surface area contributed by atoms with Gasteiger partial charge in [-0.15, -0.1) is 0 Å². The van der Waals surface area contributed by atoms with E-state index in [0.717, 1.165) is 18.5 Å². The molecule has 0 spiro atoms. The van der Waals surface area contributed by atoms with Crippen LogP contribution in [0.25, 0.3) is 5.69 Å². The molecule has 1 N–H and O–H groups in total. The van der Waals surface area contributed by atoms with Gasteiger partial charge < -0.3 is 5.11 Å². The summed E-state index contributed by atoms with van der Waals surface area (Å²) in [5.41, 5.74) is 4.61. The van der Waals surface area contributed by atoms with Crippen LogP contribution in [0, 0.1) is 6.92 Å². The number of aryl methyl sites for hydroxylation is 1. The van der Waals surface area contributed by atoms with Gasteiger partial charge in [-0.25, -0.2) is 4.68 Å². The van der Waals surface area contributed by atoms with Gasteiger partial charge in [0.15, 0.2) is 0 Å². The first-order valence-corrected chi connectivity index (χ1v) is 6.61. The minimum Gasteiger partial charge on any atom is -0.506 e. The minimum absolute atomic E-state index is 0.0991. The van der Waals surface area contributed by atoms with E-state index in [2.05, 4.69) is 12.0 Å². The average Bonchev–Trinajstić information content (AvgIpc) is 2.71. The van der Waals surface area contributed by atoms with Crippen molar-refractivity contribution in [2.24, 2.45) is 0 Å². The molecule has 0 fully saturated rings. The first kappa shape index (κ1) is 11.6. The SMILES string of the molecule is Cc1c2c(nn1-c1ccc(Cl)c(O)c1)CCCC2. The third-order valence-electron chi connectivity index (χ3n) is 3.59. The van der Waals surface area contributed by atoms with Crippen molar-refractivity contribution in [3.63, 3.8) is 0 Å². The average molecular weight is 263 g/mol. The molecule has 0 bridgehead atoms. The number of hydrogen-bond donors (Lipinski definition) is 1. The van der Waals surface area contributed by atoms with Crippen molar-refractivity contribution < 1.29 is 5.11 Å². The van der Waals surface area contributed by atoms with E-state index in [0.29, 0.717) is 5.02 Å². The number of aromatic nitrogens is 2. The van der Waals surface area contributed by atoms with E-state index in [-0.39, 0.29) is 5.75 Å². The van der Waals surface area contributed by atoms with Crippen LogP contribution in [-0.2, 0) is 12.8 Å². The van der Waals surface area contributed by atoms with Crippen LogP contribution in [0.2, 0.25) is 5.02 Å². The minimum atomic E-state index is 0.0991. The topological polar surface area (TPSA) is 38.0 Å². The lowest BCUT2D eigenvalue weighted by Crippen LogP contribution is -2.00. The van der Waals surface area contributed by atoms with Gasteiger partial charge in [0.25, 0.3) is 0 Å². The first-order valence-electron chi connectivity index (χ1n) is 6.23. The summed E-state index contributed by atoms with van der Waals surface area (Å²) in [6.45, 7) is 2.09. The molecule has 0 radical (unpaired) electrons. The molecule has 0 unspecified atom stereocenters. The zero-order valence-corrected chi connectivity index (χ0v) is 11.0. The van der Waals surface area contributed by atoms with Crippen molar-refractivity contribution in [1.29, 1.82) is 0 Å². The molecule has 2 aromatic rings. The van der Waals surface area contributed by atoms with Gasteiger partial charge >= 0.3 is 0 Å². The Morgan fingerprint density at radius 1 is 1.28 bits per heavy atom. The molecule has 1 aromatic heterocycles. The molecular weight excluding hydrogens is 248 g/mol. The van der Waals surface area contributed by atoms with Crippen LogP contribution in [0.5, 0.6) is 5.75 Å². The van der Waals surface area contributed by atoms with Crippen LogP contribution in [0.3, 0.4) is 0 Å². The highest BCUT2D eigenvalue weighted by Crippen LogP contribution is 2.29. The summed E-state index contributed by atoms with van der Waals surface area (Å²) >= 11 is 5.83. The fourth-order valence-corrected chi connectivity index (χ4v) is 2.71. The van der Waals surface area contributed by atoms with Crippen LogP contribution in [0.1, 0.15) is 29.8 Å². The zero-order chi connectivity index (χ0) is 12.7. The summed E-state index contributed by atoms with van der Waals surface area (Å²) in [5, 5.41) is 14.7. The third kappa shape index (κ3) is 1.79. The Bertz CT molecular complexity index is 604. The number of halogens is 1. The number of rotatable bonds is 1. The lowest BCUT2D eigenvalue weighted by molar-refractivity contribution is 0.475. The Kier molecular flexibility index (Phi) is 2.78. The van der Waals surface area contributed by atoms with Crippen LogP contribution < -0.4 is 0 Å². The largest absolute Gasteiger partial charge is 0.506 e. The summed E-state index contributed by atoms with van der Waals surface area (Å²) in [6, 6.07) is 5.24. The molecule has 0 aliphatic heterocycles. The maximum Gasteiger partial charge on any atom is 0.136 e. The molecule has 4 heteroatoms. The number of phenolic OH excluding ortho intramolecular Hbond substituents is 1. The summed E-state index contributed by atoms with van der Waals surface area (Å²) < 4.78 is 1.91. The van der Waals surface area contributed by atoms with Crippen LogP contribution in [0.4, 0.5) is 0 Å². The number of fused-ring (bicyclic) bond motifs is 1. The molecule has 3 nitrogen and oxygen atoms in total. The second-order valence-electron chi connectivity index (χ2n) is 4.77. The summed E-state index contributed by atoms with van der Waals surface area (Å²) in [6.07, 6.45) is 4.63. The smallest absolute Gasteiger partial charge is 0.136 e. The zero-order valence-electron chi connectivity index (χ0n) is 10.3. The molecule has 0 saturated carbocycles. The predicted molar refractivity (Wildman–Crippen MR) is 71.6 cm³/mol. The molecule has 3 rings (SSSR count). The molecule has 1 heterocycles. The van der Waals surface area contributed by atoms with E-state index < -0.39 is 0 Å². The highest BCUT2D eigenvalue weighted by atomic mass is 35.5. The monoisotopic (exact) mass is 262 g/mol. The standard InChI is InChI=1S/C14H15ClN2O/c1-9-11-4-2-3-5-13(11)16-17(9)10-6-7-12(15)14(18)8-10/h6-8,18H,2-5H2,1H3. The van der Waals surface area contributed by atoms with Gasteiger partial charge in [-0.3, -0.25) is 0 Å². The van der Waals surface area contributed by atoms with Crippen molar-refractivity contribution >= 4 is 11.6 Å². The first-order chi connectivity index (χ1) is 8.66. The van der Waals surface area contributed by atoms with E-state index in [4.69, 9.17) is 11.6 Å². The van der Waals surface area contributed by atoms with Crippen molar-refractivity contribution in [1.82, 2.24) is 9.78 Å². The van der Waals surface area contributed by atoms with E-state index in [1.54, 1.807) is 12.1 Å². The summed E-state index contributed by atoms with van der Waals surface area (Å²) in [5.74, 6) is 0.0991. The molecular formula is C14H15ClN2O. The Labute approximate surface area is 111 Å². The third-order valence-corrected chi connectivity index (χ3v) is 3.91. The van der Waals surface area contributed by atoms with Crippen LogP contribution in [-0.4, -0.2) is 14.9 Å². The molecule has 0 saturated heterocycles. The van der Waals surface area contributed by atoms with E-state index in [1.807, 2.05) is 10.7 Å². The van der Waals surface area contributed by atoms with Crippen molar-refractivity contribution in [3.8, 4) is 11.4 Å². The van der Waals surface area contributed by atoms with E-state index in [1.165, 1.54) is 29.8 Å². The van der Waals surface area contributed by atoms with E-state index in [9.17, 15) is 5.11 Å². The highest BCUT2D eigenvalue weighted by Gasteiger charge is 2.18. The fourth-order valence-electron chi connectivity index (χ4n) is 2.60. The summed E-state index contributed by atoms with van der Waals surface area (Å²) in [7, 11) is 0. The molecule has 0 atom stereocenters. The van der Waals surface area contributed by atoms with Gasteiger partial charge in [0.1, 0.15) is 5.75 Å². The summed E-state index contributed by atoms with van der Waals surface area (Å²) in [4.78, 5) is 0. The quantitative estimate of drug-likeness (QED) is 0.855. The second kappa shape index (κ2) is 4.32. The van der Waals surface area contributed by atoms with Crippen LogP contribution >= 0.6 is 11.6 Å². The molecule has 94 valence electrons. The molecule has 18 heavy (non-hydrogen) atoms. The predicted octanol–water partition coefficient (Wildman–Crippen LogP) is 3.42. The highest BCUT2D eigenvalue weighted by molar-refractivity contribution is 6.32. The van der Waals surface area contributed by atoms with Crippen LogP contribution in [0.15, 0.2) is 18.2 Å². The number of benzene rings is 1. The number of hydrogen-bond acceptors (Lipinski definition) is 2. The van der Waals surface area contributed by atoms with Gasteiger partial charge in [-0.1, -0.05) is 11.6 Å².